The Morgan fingerprint density at radius 3 is 2.69 bits per heavy atom. The Hall–Kier alpha value is -2.17. The number of benzene rings is 2. The van der Waals surface area contributed by atoms with Crippen LogP contribution in [0.2, 0.25) is 0 Å². The van der Waals surface area contributed by atoms with Gasteiger partial charge in [0, 0.05) is 23.7 Å². The summed E-state index contributed by atoms with van der Waals surface area (Å²) >= 11 is 2.62. The minimum Gasteiger partial charge on any atom is -0.339 e. The molecule has 0 bridgehead atoms. The monoisotopic (exact) mass is 490 g/mol. The molecule has 4 rings (SSSR count). The summed E-state index contributed by atoms with van der Waals surface area (Å²) in [4.78, 5) is 16.0. The van der Waals surface area contributed by atoms with E-state index in [-0.39, 0.29) is 10.8 Å². The number of fused-ring (bicyclic) bond motifs is 1. The van der Waals surface area contributed by atoms with Crippen LogP contribution in [0.4, 0.5) is 5.69 Å². The van der Waals surface area contributed by atoms with Crippen LogP contribution in [0.5, 0.6) is 0 Å². The lowest BCUT2D eigenvalue weighted by atomic mass is 10.1. The number of nitrogens with one attached hydrogen (secondary N) is 1. The van der Waals surface area contributed by atoms with Crippen LogP contribution in [0.3, 0.4) is 0 Å². The van der Waals surface area contributed by atoms with Gasteiger partial charge in [0.1, 0.15) is 15.9 Å². The van der Waals surface area contributed by atoms with E-state index in [1.807, 2.05) is 11.0 Å². The largest absolute Gasteiger partial charge is 0.339 e. The molecule has 170 valence electrons. The molecule has 0 spiro atoms. The molecule has 1 N–H and O–H groups in total. The summed E-state index contributed by atoms with van der Waals surface area (Å²) in [6.07, 6.45) is 3.04. The maximum Gasteiger partial charge on any atom is 0.264 e. The van der Waals surface area contributed by atoms with Crippen molar-refractivity contribution in [2.75, 3.05) is 23.6 Å². The zero-order valence-electron chi connectivity index (χ0n) is 18.1. The average molecular weight is 491 g/mol. The number of carbonyl (C=O) groups excluding carboxylic acids is 1. The molecule has 2 heterocycles. The van der Waals surface area contributed by atoms with Gasteiger partial charge >= 0.3 is 0 Å². The first-order chi connectivity index (χ1) is 15.3. The van der Waals surface area contributed by atoms with Crippen LogP contribution in [0, 0.1) is 5.92 Å². The number of nitrogens with zero attached hydrogens (tertiary/aromatic N) is 3. The lowest BCUT2D eigenvalue weighted by Gasteiger charge is -2.27. The second kappa shape index (κ2) is 9.76. The van der Waals surface area contributed by atoms with Crippen molar-refractivity contribution < 1.29 is 13.2 Å². The molecule has 32 heavy (non-hydrogen) atoms. The standard InChI is InChI=1S/C22H26N4O3S3/c1-15(2)14-30-16-9-10-17(22(27)26-11-4-3-5-12-26)19(13-16)25-32(28,29)20-8-6-7-18-21(20)24-31-23-18/h6-10,13,15,25H,3-5,11-12,14H2,1-2H3. The quantitative estimate of drug-likeness (QED) is 0.475. The molecule has 1 aliphatic heterocycles. The molecule has 0 unspecified atom stereocenters. The van der Waals surface area contributed by atoms with E-state index in [2.05, 4.69) is 27.3 Å². The highest BCUT2D eigenvalue weighted by atomic mass is 32.2. The molecule has 0 atom stereocenters. The van der Waals surface area contributed by atoms with Crippen molar-refractivity contribution in [1.29, 1.82) is 0 Å². The molecule has 0 saturated carbocycles. The van der Waals surface area contributed by atoms with Crippen molar-refractivity contribution in [3.63, 3.8) is 0 Å². The fourth-order valence-electron chi connectivity index (χ4n) is 3.61. The van der Waals surface area contributed by atoms with E-state index in [0.29, 0.717) is 41.3 Å². The highest BCUT2D eigenvalue weighted by molar-refractivity contribution is 7.99. The number of amides is 1. The average Bonchev–Trinajstić information content (AvgIpc) is 3.26. The van der Waals surface area contributed by atoms with Gasteiger partial charge in [-0.1, -0.05) is 19.9 Å². The molecule has 2 aromatic carbocycles. The Morgan fingerprint density at radius 2 is 1.94 bits per heavy atom. The van der Waals surface area contributed by atoms with Gasteiger partial charge in [-0.25, -0.2) is 8.42 Å². The molecule has 1 amide bonds. The van der Waals surface area contributed by atoms with E-state index >= 15 is 0 Å². The van der Waals surface area contributed by atoms with Gasteiger partial charge in [0.2, 0.25) is 0 Å². The van der Waals surface area contributed by atoms with Crippen molar-refractivity contribution in [1.82, 2.24) is 13.6 Å². The molecule has 1 fully saturated rings. The van der Waals surface area contributed by atoms with E-state index in [0.717, 1.165) is 41.6 Å². The van der Waals surface area contributed by atoms with E-state index < -0.39 is 10.0 Å². The number of sulfonamides is 1. The Balaban J connectivity index is 1.71. The SMILES string of the molecule is CC(C)CSc1ccc(C(=O)N2CCCCC2)c(NS(=O)(=O)c2cccc3nsnc23)c1. The smallest absolute Gasteiger partial charge is 0.264 e. The first-order valence-electron chi connectivity index (χ1n) is 10.7. The third-order valence-electron chi connectivity index (χ3n) is 5.23. The minimum atomic E-state index is -3.97. The van der Waals surface area contributed by atoms with Crippen LogP contribution in [-0.4, -0.2) is 46.8 Å². The van der Waals surface area contributed by atoms with Gasteiger partial charge in [0.15, 0.2) is 0 Å². The second-order valence-corrected chi connectivity index (χ2v) is 11.5. The first kappa shape index (κ1) is 23.0. The van der Waals surface area contributed by atoms with Crippen LogP contribution in [-0.2, 0) is 10.0 Å². The third kappa shape index (κ3) is 5.07. The second-order valence-electron chi connectivity index (χ2n) is 8.26. The predicted molar refractivity (Wildman–Crippen MR) is 130 cm³/mol. The zero-order chi connectivity index (χ0) is 22.7. The zero-order valence-corrected chi connectivity index (χ0v) is 20.5. The number of anilines is 1. The molecular formula is C22H26N4O3S3. The van der Waals surface area contributed by atoms with Gasteiger partial charge in [-0.3, -0.25) is 9.52 Å². The van der Waals surface area contributed by atoms with E-state index in [1.54, 1.807) is 36.0 Å². The Labute approximate surface area is 197 Å². The van der Waals surface area contributed by atoms with Crippen LogP contribution in [0.25, 0.3) is 11.0 Å². The van der Waals surface area contributed by atoms with Gasteiger partial charge < -0.3 is 4.90 Å². The van der Waals surface area contributed by atoms with Crippen LogP contribution < -0.4 is 4.72 Å². The summed E-state index contributed by atoms with van der Waals surface area (Å²) in [5, 5.41) is 0. The molecular weight excluding hydrogens is 464 g/mol. The Kier molecular flexibility index (Phi) is 7.02. The van der Waals surface area contributed by atoms with Crippen molar-refractivity contribution in [3.05, 3.63) is 42.0 Å². The Bertz CT molecular complexity index is 1220. The van der Waals surface area contributed by atoms with Crippen molar-refractivity contribution in [3.8, 4) is 0 Å². The fraction of sp³-hybridized carbons (Fsp3) is 0.409. The number of hydrogen-bond donors (Lipinski definition) is 1. The normalized spacial score (nSPS) is 14.8. The number of rotatable bonds is 7. The summed E-state index contributed by atoms with van der Waals surface area (Å²) in [6.45, 7) is 5.65. The van der Waals surface area contributed by atoms with Gasteiger partial charge in [-0.05, 0) is 55.5 Å². The predicted octanol–water partition coefficient (Wildman–Crippen LogP) is 4.87. The number of carbonyl (C=O) groups is 1. The van der Waals surface area contributed by atoms with Crippen LogP contribution in [0.1, 0.15) is 43.5 Å². The molecule has 1 aliphatic rings. The van der Waals surface area contributed by atoms with Gasteiger partial charge in [-0.15, -0.1) is 11.8 Å². The number of thioether (sulfide) groups is 1. The Morgan fingerprint density at radius 1 is 1.16 bits per heavy atom. The van der Waals surface area contributed by atoms with Gasteiger partial charge in [-0.2, -0.15) is 8.75 Å². The molecule has 10 heteroatoms. The van der Waals surface area contributed by atoms with Crippen LogP contribution >= 0.6 is 23.5 Å². The number of aromatic nitrogens is 2. The molecule has 0 aliphatic carbocycles. The maximum atomic E-state index is 13.3. The van der Waals surface area contributed by atoms with E-state index in [9.17, 15) is 13.2 Å². The van der Waals surface area contributed by atoms with E-state index in [1.165, 1.54) is 6.07 Å². The van der Waals surface area contributed by atoms with Gasteiger partial charge in [0.05, 0.1) is 23.0 Å². The maximum absolute atomic E-state index is 13.3. The molecule has 7 nitrogen and oxygen atoms in total. The summed E-state index contributed by atoms with van der Waals surface area (Å²) in [5.41, 5.74) is 1.53. The topological polar surface area (TPSA) is 92.3 Å². The first-order valence-corrected chi connectivity index (χ1v) is 13.9. The lowest BCUT2D eigenvalue weighted by Crippen LogP contribution is -2.36. The van der Waals surface area contributed by atoms with Crippen molar-refractivity contribution in [2.45, 2.75) is 42.9 Å². The number of likely N-dealkylation sites (tertiary alicyclic amines) is 1. The van der Waals surface area contributed by atoms with Crippen molar-refractivity contribution >= 4 is 56.1 Å². The lowest BCUT2D eigenvalue weighted by molar-refractivity contribution is 0.0725. The van der Waals surface area contributed by atoms with E-state index in [4.69, 9.17) is 0 Å². The summed E-state index contributed by atoms with van der Waals surface area (Å²) in [5.74, 6) is 1.25. The third-order valence-corrected chi connectivity index (χ3v) is 8.59. The minimum absolute atomic E-state index is 0.0559. The van der Waals surface area contributed by atoms with Crippen molar-refractivity contribution in [2.24, 2.45) is 5.92 Å². The summed E-state index contributed by atoms with van der Waals surface area (Å²) in [7, 11) is -3.97. The van der Waals surface area contributed by atoms with Crippen LogP contribution in [0.15, 0.2) is 46.2 Å². The number of hydrogen-bond acceptors (Lipinski definition) is 7. The van der Waals surface area contributed by atoms with Gasteiger partial charge in [0.25, 0.3) is 15.9 Å². The highest BCUT2D eigenvalue weighted by Crippen LogP contribution is 2.31. The molecule has 0 radical (unpaired) electrons. The number of piperidine rings is 1. The fourth-order valence-corrected chi connectivity index (χ4v) is 6.34. The molecule has 1 saturated heterocycles. The summed E-state index contributed by atoms with van der Waals surface area (Å²) in [6, 6.07) is 10.3. The molecule has 1 aromatic heterocycles. The highest BCUT2D eigenvalue weighted by Gasteiger charge is 2.25. The summed E-state index contributed by atoms with van der Waals surface area (Å²) < 4.78 is 37.6. The molecule has 3 aromatic rings.